The summed E-state index contributed by atoms with van der Waals surface area (Å²) in [4.78, 5) is 29.3. The van der Waals surface area contributed by atoms with Gasteiger partial charge in [0.1, 0.15) is 6.04 Å². The van der Waals surface area contributed by atoms with E-state index >= 15 is 0 Å². The van der Waals surface area contributed by atoms with Crippen molar-refractivity contribution in [3.8, 4) is 0 Å². The van der Waals surface area contributed by atoms with Gasteiger partial charge in [-0.25, -0.2) is 0 Å². The summed E-state index contributed by atoms with van der Waals surface area (Å²) >= 11 is 1.70. The zero-order valence-corrected chi connectivity index (χ0v) is 14.4. The third kappa shape index (κ3) is 3.27. The van der Waals surface area contributed by atoms with Crippen LogP contribution in [0.15, 0.2) is 0 Å². The van der Waals surface area contributed by atoms with Crippen molar-refractivity contribution in [2.24, 2.45) is 5.92 Å². The number of thioether (sulfide) groups is 1. The van der Waals surface area contributed by atoms with Crippen LogP contribution in [0.3, 0.4) is 0 Å². The Balaban J connectivity index is 1.67. The SMILES string of the molecule is CC1(C)CN(C(=O)C2CSCN2C(=O)C2CCCC2)CCO1. The molecule has 1 atom stereocenters. The highest BCUT2D eigenvalue weighted by atomic mass is 32.2. The van der Waals surface area contributed by atoms with Gasteiger partial charge in [-0.05, 0) is 26.7 Å². The summed E-state index contributed by atoms with van der Waals surface area (Å²) in [6.07, 6.45) is 4.28. The van der Waals surface area contributed by atoms with Crippen LogP contribution in [0.25, 0.3) is 0 Å². The van der Waals surface area contributed by atoms with E-state index in [2.05, 4.69) is 0 Å². The molecule has 2 saturated heterocycles. The van der Waals surface area contributed by atoms with Crippen molar-refractivity contribution in [2.75, 3.05) is 31.3 Å². The molecule has 0 N–H and O–H groups in total. The molecule has 6 heteroatoms. The summed E-state index contributed by atoms with van der Waals surface area (Å²) < 4.78 is 5.68. The fourth-order valence-corrected chi connectivity index (χ4v) is 4.84. The normalized spacial score (nSPS) is 29.1. The summed E-state index contributed by atoms with van der Waals surface area (Å²) in [7, 11) is 0. The number of nitrogens with zero attached hydrogens (tertiary/aromatic N) is 2. The molecule has 3 rings (SSSR count). The van der Waals surface area contributed by atoms with E-state index in [9.17, 15) is 9.59 Å². The van der Waals surface area contributed by atoms with E-state index in [-0.39, 0.29) is 29.4 Å². The summed E-state index contributed by atoms with van der Waals surface area (Å²) in [5, 5.41) is 0. The molecule has 2 heterocycles. The number of hydrogen-bond donors (Lipinski definition) is 0. The lowest BCUT2D eigenvalue weighted by Gasteiger charge is -2.40. The van der Waals surface area contributed by atoms with Crippen LogP contribution in [0.5, 0.6) is 0 Å². The van der Waals surface area contributed by atoms with Crippen LogP contribution in [-0.4, -0.2) is 64.6 Å². The van der Waals surface area contributed by atoms with Crippen LogP contribution < -0.4 is 0 Å². The predicted octanol–water partition coefficient (Wildman–Crippen LogP) is 1.72. The van der Waals surface area contributed by atoms with Crippen molar-refractivity contribution < 1.29 is 14.3 Å². The van der Waals surface area contributed by atoms with Gasteiger partial charge in [-0.15, -0.1) is 11.8 Å². The van der Waals surface area contributed by atoms with Gasteiger partial charge in [0.05, 0.1) is 18.1 Å². The van der Waals surface area contributed by atoms with E-state index < -0.39 is 0 Å². The molecule has 3 aliphatic rings. The standard InChI is InChI=1S/C16H26N2O3S/c1-16(2)10-17(7-8-21-16)15(20)13-9-22-11-18(13)14(19)12-5-3-4-6-12/h12-13H,3-11H2,1-2H3. The first-order chi connectivity index (χ1) is 10.5. The van der Waals surface area contributed by atoms with Gasteiger partial charge in [-0.3, -0.25) is 9.59 Å². The number of carbonyl (C=O) groups is 2. The molecule has 2 amide bonds. The number of ether oxygens (including phenoxy) is 1. The van der Waals surface area contributed by atoms with Crippen LogP contribution in [0, 0.1) is 5.92 Å². The van der Waals surface area contributed by atoms with Crippen molar-refractivity contribution in [1.29, 1.82) is 0 Å². The smallest absolute Gasteiger partial charge is 0.246 e. The zero-order chi connectivity index (χ0) is 15.7. The van der Waals surface area contributed by atoms with E-state index in [0.717, 1.165) is 31.4 Å². The Labute approximate surface area is 136 Å². The predicted molar refractivity (Wildman–Crippen MR) is 86.5 cm³/mol. The molecule has 0 bridgehead atoms. The lowest BCUT2D eigenvalue weighted by Crippen LogP contribution is -2.56. The summed E-state index contributed by atoms with van der Waals surface area (Å²) in [5.41, 5.74) is -0.292. The molecule has 5 nitrogen and oxygen atoms in total. The minimum atomic E-state index is -0.292. The highest BCUT2D eigenvalue weighted by molar-refractivity contribution is 7.99. The Morgan fingerprint density at radius 2 is 1.91 bits per heavy atom. The van der Waals surface area contributed by atoms with Crippen molar-refractivity contribution in [2.45, 2.75) is 51.2 Å². The quantitative estimate of drug-likeness (QED) is 0.775. The third-order valence-electron chi connectivity index (χ3n) is 4.89. The summed E-state index contributed by atoms with van der Waals surface area (Å²) in [6.45, 7) is 5.84. The van der Waals surface area contributed by atoms with Gasteiger partial charge in [0, 0.05) is 24.8 Å². The number of carbonyl (C=O) groups excluding carboxylic acids is 2. The second-order valence-corrected chi connectivity index (χ2v) is 8.17. The van der Waals surface area contributed by atoms with Gasteiger partial charge in [-0.2, -0.15) is 0 Å². The third-order valence-corrected chi connectivity index (χ3v) is 5.90. The van der Waals surface area contributed by atoms with Gasteiger partial charge in [-0.1, -0.05) is 12.8 Å². The van der Waals surface area contributed by atoms with Crippen molar-refractivity contribution in [3.63, 3.8) is 0 Å². The van der Waals surface area contributed by atoms with Crippen molar-refractivity contribution in [1.82, 2.24) is 9.80 Å². The number of rotatable bonds is 2. The van der Waals surface area contributed by atoms with Crippen LogP contribution in [-0.2, 0) is 14.3 Å². The molecule has 1 aliphatic carbocycles. The molecule has 2 aliphatic heterocycles. The topological polar surface area (TPSA) is 49.9 Å². The van der Waals surface area contributed by atoms with Gasteiger partial charge < -0.3 is 14.5 Å². The number of morpholine rings is 1. The molecule has 0 aromatic carbocycles. The number of amides is 2. The lowest BCUT2D eigenvalue weighted by molar-refractivity contribution is -0.154. The Morgan fingerprint density at radius 3 is 2.59 bits per heavy atom. The van der Waals surface area contributed by atoms with Crippen LogP contribution in [0.4, 0.5) is 0 Å². The second kappa shape index (κ2) is 6.40. The summed E-state index contributed by atoms with van der Waals surface area (Å²) in [5.74, 6) is 1.85. The average molecular weight is 326 g/mol. The monoisotopic (exact) mass is 326 g/mol. The molecule has 3 fully saturated rings. The Kier molecular flexibility index (Phi) is 4.69. The van der Waals surface area contributed by atoms with E-state index in [0.29, 0.717) is 25.6 Å². The van der Waals surface area contributed by atoms with E-state index in [1.54, 1.807) is 11.8 Å². The van der Waals surface area contributed by atoms with Crippen molar-refractivity contribution >= 4 is 23.6 Å². The largest absolute Gasteiger partial charge is 0.372 e. The van der Waals surface area contributed by atoms with Gasteiger partial charge in [0.15, 0.2) is 0 Å². The van der Waals surface area contributed by atoms with Gasteiger partial charge in [0.2, 0.25) is 11.8 Å². The van der Waals surface area contributed by atoms with Crippen LogP contribution in [0.1, 0.15) is 39.5 Å². The molecule has 1 unspecified atom stereocenters. The van der Waals surface area contributed by atoms with E-state index in [1.165, 1.54) is 0 Å². The fraction of sp³-hybridized carbons (Fsp3) is 0.875. The first-order valence-electron chi connectivity index (χ1n) is 8.29. The highest BCUT2D eigenvalue weighted by Crippen LogP contribution is 2.31. The Bertz CT molecular complexity index is 449. The highest BCUT2D eigenvalue weighted by Gasteiger charge is 2.41. The number of hydrogen-bond acceptors (Lipinski definition) is 4. The second-order valence-electron chi connectivity index (χ2n) is 7.17. The zero-order valence-electron chi connectivity index (χ0n) is 13.5. The minimum absolute atomic E-state index is 0.104. The maximum absolute atomic E-state index is 12.9. The van der Waals surface area contributed by atoms with Gasteiger partial charge in [0.25, 0.3) is 0 Å². The lowest BCUT2D eigenvalue weighted by atomic mass is 10.0. The van der Waals surface area contributed by atoms with E-state index in [1.807, 2.05) is 23.6 Å². The molecular formula is C16H26N2O3S. The maximum atomic E-state index is 12.9. The fourth-order valence-electron chi connectivity index (χ4n) is 3.69. The molecule has 0 aromatic heterocycles. The first kappa shape index (κ1) is 16.1. The van der Waals surface area contributed by atoms with Crippen LogP contribution in [0.2, 0.25) is 0 Å². The molecule has 124 valence electrons. The first-order valence-corrected chi connectivity index (χ1v) is 9.44. The minimum Gasteiger partial charge on any atom is -0.372 e. The molecule has 1 saturated carbocycles. The Morgan fingerprint density at radius 1 is 1.18 bits per heavy atom. The summed E-state index contributed by atoms with van der Waals surface area (Å²) in [6, 6.07) is -0.271. The average Bonchev–Trinajstić information content (AvgIpc) is 3.16. The van der Waals surface area contributed by atoms with Crippen LogP contribution >= 0.6 is 11.8 Å². The molecule has 0 aromatic rings. The van der Waals surface area contributed by atoms with Gasteiger partial charge >= 0.3 is 0 Å². The molecule has 22 heavy (non-hydrogen) atoms. The maximum Gasteiger partial charge on any atom is 0.246 e. The Hall–Kier alpha value is -0.750. The van der Waals surface area contributed by atoms with E-state index in [4.69, 9.17) is 4.74 Å². The molecule has 0 spiro atoms. The molecular weight excluding hydrogens is 300 g/mol. The molecule has 0 radical (unpaired) electrons. The van der Waals surface area contributed by atoms with Crippen molar-refractivity contribution in [3.05, 3.63) is 0 Å².